The summed E-state index contributed by atoms with van der Waals surface area (Å²) in [5.41, 5.74) is -5.19. The van der Waals surface area contributed by atoms with Crippen LogP contribution in [0.5, 0.6) is 5.75 Å². The summed E-state index contributed by atoms with van der Waals surface area (Å²) in [6.45, 7) is -1.05. The van der Waals surface area contributed by atoms with Crippen molar-refractivity contribution in [2.24, 2.45) is 0 Å². The highest BCUT2D eigenvalue weighted by Crippen LogP contribution is 2.45. The minimum atomic E-state index is -5.94. The third-order valence-electron chi connectivity index (χ3n) is 7.37. The number of nitrogens with zero attached hydrogens (tertiary/aromatic N) is 3. The molecule has 3 N–H and O–H groups in total. The van der Waals surface area contributed by atoms with Crippen LogP contribution in [-0.2, 0) is 16.4 Å². The fourth-order valence-electron chi connectivity index (χ4n) is 4.76. The Kier molecular flexibility index (Phi) is 10.1. The molecule has 44 heavy (non-hydrogen) atoms. The lowest BCUT2D eigenvalue weighted by Crippen LogP contribution is -2.57. The smallest absolute Gasteiger partial charge is 0.434 e. The Labute approximate surface area is 253 Å². The van der Waals surface area contributed by atoms with Gasteiger partial charge in [0.15, 0.2) is 5.69 Å². The third-order valence-corrected chi connectivity index (χ3v) is 9.42. The van der Waals surface area contributed by atoms with Crippen LogP contribution in [0.2, 0.25) is 5.02 Å². The molecule has 1 aliphatic rings. The van der Waals surface area contributed by atoms with Crippen molar-refractivity contribution in [1.82, 2.24) is 20.1 Å². The minimum Gasteiger partial charge on any atom is -0.434 e. The van der Waals surface area contributed by atoms with Crippen molar-refractivity contribution in [3.8, 4) is 17.0 Å². The second-order valence-corrected chi connectivity index (χ2v) is 13.7. The fraction of sp³-hybridized carbons (Fsp3) is 0.640. The monoisotopic (exact) mass is 681 g/mol. The zero-order valence-electron chi connectivity index (χ0n) is 23.9. The van der Waals surface area contributed by atoms with Gasteiger partial charge in [0, 0.05) is 31.6 Å². The molecule has 0 aliphatic heterocycles. The van der Waals surface area contributed by atoms with Crippen molar-refractivity contribution >= 4 is 33.2 Å². The van der Waals surface area contributed by atoms with Gasteiger partial charge in [-0.25, -0.2) is 13.4 Å². The molecule has 2 aromatic heterocycles. The lowest BCUT2D eigenvalue weighted by atomic mass is 9.84. The van der Waals surface area contributed by atoms with E-state index in [0.29, 0.717) is 19.9 Å². The van der Waals surface area contributed by atoms with Gasteiger partial charge in [-0.1, -0.05) is 11.6 Å². The van der Waals surface area contributed by atoms with E-state index in [1.54, 1.807) is 6.92 Å². The molecule has 1 saturated carbocycles. The Balaban J connectivity index is 1.91. The molecule has 1 aliphatic carbocycles. The summed E-state index contributed by atoms with van der Waals surface area (Å²) in [5, 5.41) is 18.4. The Morgan fingerprint density at radius 2 is 1.82 bits per heavy atom. The van der Waals surface area contributed by atoms with E-state index in [9.17, 15) is 49.1 Å². The van der Waals surface area contributed by atoms with Crippen molar-refractivity contribution < 1.29 is 53.8 Å². The normalized spacial score (nSPS) is 20.1. The van der Waals surface area contributed by atoms with E-state index >= 15 is 0 Å². The number of aliphatic hydroxyl groups is 1. The number of aromatic nitrogens is 3. The molecule has 19 heteroatoms. The van der Waals surface area contributed by atoms with Crippen LogP contribution in [0.15, 0.2) is 12.3 Å². The number of alkyl halides is 7. The molecule has 0 radical (unpaired) electrons. The summed E-state index contributed by atoms with van der Waals surface area (Å²) in [5.74, 6) is -7.49. The zero-order chi connectivity index (χ0) is 33.5. The number of hydrogen-bond acceptors (Lipinski definition) is 8. The SMILES string of the molecule is CCn1nc(C(=O)NC[C@]2(O)CC[C@@H](S(C)(=O)=O)CC2)c(Cl)c1-c1cnc(NC(C)(C)C(F)(F)C(F)(F)F)cc1OC(F)F. The maximum Gasteiger partial charge on any atom is 0.455 e. The van der Waals surface area contributed by atoms with E-state index in [1.165, 1.54) is 0 Å². The molecule has 0 unspecified atom stereocenters. The number of carbonyl (C=O) groups excluding carboxylic acids is 1. The van der Waals surface area contributed by atoms with Gasteiger partial charge in [0.05, 0.1) is 27.1 Å². The number of aryl methyl sites for hydroxylation is 1. The highest BCUT2D eigenvalue weighted by atomic mass is 35.5. The predicted octanol–water partition coefficient (Wildman–Crippen LogP) is 5.06. The first kappa shape index (κ1) is 35.6. The van der Waals surface area contributed by atoms with E-state index in [2.05, 4.69) is 20.1 Å². The lowest BCUT2D eigenvalue weighted by molar-refractivity contribution is -0.299. The number of amides is 1. The van der Waals surface area contributed by atoms with Gasteiger partial charge in [0.1, 0.15) is 26.9 Å². The van der Waals surface area contributed by atoms with Crippen LogP contribution >= 0.6 is 11.6 Å². The van der Waals surface area contributed by atoms with Crippen LogP contribution in [0.3, 0.4) is 0 Å². The lowest BCUT2D eigenvalue weighted by Gasteiger charge is -2.36. The Morgan fingerprint density at radius 1 is 1.23 bits per heavy atom. The van der Waals surface area contributed by atoms with Gasteiger partial charge in [-0.2, -0.15) is 35.8 Å². The Morgan fingerprint density at radius 3 is 2.32 bits per heavy atom. The molecule has 10 nitrogen and oxygen atoms in total. The minimum absolute atomic E-state index is 0.0259. The maximum absolute atomic E-state index is 14.1. The Bertz CT molecular complexity index is 1480. The molecule has 0 aromatic carbocycles. The van der Waals surface area contributed by atoms with E-state index in [1.807, 2.05) is 5.32 Å². The van der Waals surface area contributed by atoms with Crippen LogP contribution in [0, 0.1) is 0 Å². The number of ether oxygens (including phenoxy) is 1. The summed E-state index contributed by atoms with van der Waals surface area (Å²) in [4.78, 5) is 16.8. The molecule has 0 atom stereocenters. The van der Waals surface area contributed by atoms with Crippen molar-refractivity contribution in [2.45, 2.75) is 88.1 Å². The molecular weight excluding hydrogens is 651 g/mol. The quantitative estimate of drug-likeness (QED) is 0.281. The first-order valence-electron chi connectivity index (χ1n) is 13.2. The van der Waals surface area contributed by atoms with E-state index in [0.717, 1.165) is 17.1 Å². The third kappa shape index (κ3) is 7.50. The summed E-state index contributed by atoms with van der Waals surface area (Å²) in [6.07, 6.45) is -3.42. The van der Waals surface area contributed by atoms with Crippen LogP contribution in [0.1, 0.15) is 56.9 Å². The summed E-state index contributed by atoms with van der Waals surface area (Å²) in [6, 6.07) is 0.682. The number of sulfone groups is 1. The second kappa shape index (κ2) is 12.5. The van der Waals surface area contributed by atoms with Gasteiger partial charge in [0.2, 0.25) is 0 Å². The summed E-state index contributed by atoms with van der Waals surface area (Å²) in [7, 11) is -3.30. The number of carbonyl (C=O) groups is 1. The first-order chi connectivity index (χ1) is 20.0. The average molecular weight is 682 g/mol. The molecule has 2 heterocycles. The standard InChI is InChI=1S/C25H31ClF7N5O5S/c1-5-38-19(17(26)18(37-38)20(39)35-12-23(40)8-6-13(7-9-23)44(4,41)42)14-11-34-16(10-15(14)43-21(27)28)36-22(2,3)24(29,30)25(31,32)33/h10-11,13,21,40H,5-9,12H2,1-4H3,(H,34,36)(H,35,39)/t13-,23+. The van der Waals surface area contributed by atoms with Crippen LogP contribution in [0.4, 0.5) is 36.6 Å². The van der Waals surface area contributed by atoms with Crippen LogP contribution < -0.4 is 15.4 Å². The summed E-state index contributed by atoms with van der Waals surface area (Å²) >= 11 is 6.44. The number of anilines is 1. The number of nitrogens with one attached hydrogen (secondary N) is 2. The number of pyridine rings is 1. The maximum atomic E-state index is 14.1. The van der Waals surface area contributed by atoms with E-state index in [4.69, 9.17) is 11.6 Å². The second-order valence-electron chi connectivity index (χ2n) is 11.0. The van der Waals surface area contributed by atoms with Crippen LogP contribution in [0.25, 0.3) is 11.3 Å². The van der Waals surface area contributed by atoms with Crippen LogP contribution in [-0.4, -0.2) is 82.1 Å². The predicted molar refractivity (Wildman–Crippen MR) is 146 cm³/mol. The molecule has 248 valence electrons. The number of rotatable bonds is 11. The molecule has 2 aromatic rings. The highest BCUT2D eigenvalue weighted by molar-refractivity contribution is 7.91. The molecular formula is C25H31ClF7N5O5S. The number of hydrogen-bond donors (Lipinski definition) is 3. The fourth-order valence-corrected chi connectivity index (χ4v) is 6.18. The van der Waals surface area contributed by atoms with Gasteiger partial charge in [0.25, 0.3) is 5.91 Å². The van der Waals surface area contributed by atoms with Gasteiger partial charge in [-0.15, -0.1) is 0 Å². The molecule has 1 amide bonds. The molecule has 0 bridgehead atoms. The molecule has 0 spiro atoms. The summed E-state index contributed by atoms with van der Waals surface area (Å²) < 4.78 is 123. The van der Waals surface area contributed by atoms with Crippen molar-refractivity contribution in [3.05, 3.63) is 23.0 Å². The van der Waals surface area contributed by atoms with Gasteiger partial charge in [-0.3, -0.25) is 9.48 Å². The van der Waals surface area contributed by atoms with Crippen molar-refractivity contribution in [1.29, 1.82) is 0 Å². The molecule has 0 saturated heterocycles. The first-order valence-corrected chi connectivity index (χ1v) is 15.5. The van der Waals surface area contributed by atoms with Crippen molar-refractivity contribution in [2.75, 3.05) is 18.1 Å². The van der Waals surface area contributed by atoms with E-state index in [-0.39, 0.29) is 60.7 Å². The van der Waals surface area contributed by atoms with Gasteiger partial charge >= 0.3 is 18.7 Å². The van der Waals surface area contributed by atoms with Gasteiger partial charge < -0.3 is 20.5 Å². The Hall–Kier alpha value is -2.86. The van der Waals surface area contributed by atoms with Crippen molar-refractivity contribution in [3.63, 3.8) is 0 Å². The number of halogens is 8. The largest absolute Gasteiger partial charge is 0.455 e. The highest BCUT2D eigenvalue weighted by Gasteiger charge is 2.66. The van der Waals surface area contributed by atoms with Gasteiger partial charge in [-0.05, 0) is 46.5 Å². The van der Waals surface area contributed by atoms with E-state index < -0.39 is 62.4 Å². The zero-order valence-corrected chi connectivity index (χ0v) is 25.5. The topological polar surface area (TPSA) is 135 Å². The molecule has 3 rings (SSSR count). The molecule has 1 fully saturated rings. The average Bonchev–Trinajstić information content (AvgIpc) is 3.22.